The third-order valence-corrected chi connectivity index (χ3v) is 4.43. The molecule has 3 aromatic rings. The summed E-state index contributed by atoms with van der Waals surface area (Å²) >= 11 is 0. The van der Waals surface area contributed by atoms with Crippen molar-refractivity contribution in [2.45, 2.75) is 0 Å². The molecule has 2 aromatic carbocycles. The maximum absolute atomic E-state index is 12.3. The number of benzene rings is 2. The SMILES string of the molecule is N#Cc1cc2c3ccccc3[s+]([O-])c2cc1C#N. The number of rotatable bonds is 0. The second-order valence-corrected chi connectivity index (χ2v) is 5.30. The van der Waals surface area contributed by atoms with E-state index in [1.807, 2.05) is 36.4 Å². The van der Waals surface area contributed by atoms with Crippen molar-refractivity contribution in [2.24, 2.45) is 0 Å². The molecule has 18 heavy (non-hydrogen) atoms. The van der Waals surface area contributed by atoms with Crippen LogP contribution in [0.4, 0.5) is 0 Å². The Labute approximate surface area is 106 Å². The highest BCUT2D eigenvalue weighted by atomic mass is 32.2. The lowest BCUT2D eigenvalue weighted by Crippen LogP contribution is -1.82. The van der Waals surface area contributed by atoms with Gasteiger partial charge in [-0.25, -0.2) is 0 Å². The van der Waals surface area contributed by atoms with E-state index in [0.717, 1.165) is 15.5 Å². The molecule has 1 unspecified atom stereocenters. The molecule has 0 bridgehead atoms. The van der Waals surface area contributed by atoms with Gasteiger partial charge >= 0.3 is 0 Å². The molecule has 4 heteroatoms. The highest BCUT2D eigenvalue weighted by Crippen LogP contribution is 2.41. The molecule has 0 saturated carbocycles. The fraction of sp³-hybridized carbons (Fsp3) is 0. The summed E-state index contributed by atoms with van der Waals surface area (Å²) in [6.45, 7) is 0. The Morgan fingerprint density at radius 3 is 2.28 bits per heavy atom. The lowest BCUT2D eigenvalue weighted by molar-refractivity contribution is 0.602. The summed E-state index contributed by atoms with van der Waals surface area (Å²) in [6, 6.07) is 14.6. The van der Waals surface area contributed by atoms with Gasteiger partial charge in [-0.15, -0.1) is 0 Å². The first-order chi connectivity index (χ1) is 8.76. The van der Waals surface area contributed by atoms with Crippen molar-refractivity contribution in [1.82, 2.24) is 0 Å². The van der Waals surface area contributed by atoms with Gasteiger partial charge in [0.15, 0.2) is 9.40 Å². The van der Waals surface area contributed by atoms with Crippen LogP contribution in [0.1, 0.15) is 11.1 Å². The first kappa shape index (κ1) is 10.7. The monoisotopic (exact) mass is 250 g/mol. The Morgan fingerprint density at radius 1 is 0.889 bits per heavy atom. The predicted octanol–water partition coefficient (Wildman–Crippen LogP) is 3.46. The van der Waals surface area contributed by atoms with Gasteiger partial charge < -0.3 is 4.55 Å². The number of nitriles is 2. The summed E-state index contributed by atoms with van der Waals surface area (Å²) in [4.78, 5) is 0. The van der Waals surface area contributed by atoms with Gasteiger partial charge in [0.2, 0.25) is 0 Å². The molecule has 3 nitrogen and oxygen atoms in total. The summed E-state index contributed by atoms with van der Waals surface area (Å²) in [5.41, 5.74) is 0.599. The Kier molecular flexibility index (Phi) is 2.28. The van der Waals surface area contributed by atoms with E-state index in [1.165, 1.54) is 0 Å². The lowest BCUT2D eigenvalue weighted by Gasteiger charge is -1.94. The maximum atomic E-state index is 12.3. The second kappa shape index (κ2) is 3.82. The molecule has 0 fully saturated rings. The molecule has 1 atom stereocenters. The van der Waals surface area contributed by atoms with Crippen molar-refractivity contribution < 1.29 is 4.55 Å². The largest absolute Gasteiger partial charge is 0.590 e. The van der Waals surface area contributed by atoms with Gasteiger partial charge in [0, 0.05) is 16.8 Å². The molecule has 84 valence electrons. The van der Waals surface area contributed by atoms with E-state index in [1.54, 1.807) is 12.1 Å². The molecular weight excluding hydrogens is 244 g/mol. The minimum absolute atomic E-state index is 0.275. The number of fused-ring (bicyclic) bond motifs is 3. The van der Waals surface area contributed by atoms with Crippen LogP contribution in [0.5, 0.6) is 0 Å². The van der Waals surface area contributed by atoms with Crippen molar-refractivity contribution in [3.05, 3.63) is 47.5 Å². The summed E-state index contributed by atoms with van der Waals surface area (Å²) in [6.07, 6.45) is 0. The molecule has 0 aliphatic heterocycles. The van der Waals surface area contributed by atoms with E-state index in [9.17, 15) is 4.55 Å². The first-order valence-corrected chi connectivity index (χ1v) is 6.40. The lowest BCUT2D eigenvalue weighted by atomic mass is 10.1. The van der Waals surface area contributed by atoms with Gasteiger partial charge in [0.1, 0.15) is 12.1 Å². The molecule has 0 amide bonds. The fourth-order valence-corrected chi connectivity index (χ4v) is 3.51. The van der Waals surface area contributed by atoms with Crippen molar-refractivity contribution in [3.8, 4) is 12.1 Å². The topological polar surface area (TPSA) is 70.6 Å². The minimum atomic E-state index is -1.26. The highest BCUT2D eigenvalue weighted by molar-refractivity contribution is 7.37. The molecule has 0 aliphatic rings. The summed E-state index contributed by atoms with van der Waals surface area (Å²) < 4.78 is 13.6. The standard InChI is InChI=1S/C14H6N2OS/c15-7-9-5-12-11-3-1-2-4-13(11)18(17)14(12)6-10(9)8-16/h1-6H. The zero-order valence-electron chi connectivity index (χ0n) is 9.18. The molecule has 0 radical (unpaired) electrons. The van der Waals surface area contributed by atoms with Gasteiger partial charge in [-0.3, -0.25) is 0 Å². The third kappa shape index (κ3) is 1.31. The summed E-state index contributed by atoms with van der Waals surface area (Å²) in [7, 11) is -1.26. The van der Waals surface area contributed by atoms with Crippen LogP contribution in [0.25, 0.3) is 20.2 Å². The van der Waals surface area contributed by atoms with Gasteiger partial charge in [-0.05, 0) is 28.9 Å². The molecular formula is C14H6N2OS. The van der Waals surface area contributed by atoms with Crippen LogP contribution in [0.15, 0.2) is 36.4 Å². The van der Waals surface area contributed by atoms with Crippen molar-refractivity contribution in [3.63, 3.8) is 0 Å². The Morgan fingerprint density at radius 2 is 1.56 bits per heavy atom. The van der Waals surface area contributed by atoms with Crippen LogP contribution in [0.2, 0.25) is 0 Å². The van der Waals surface area contributed by atoms with Gasteiger partial charge in [-0.2, -0.15) is 10.5 Å². The van der Waals surface area contributed by atoms with Crippen molar-refractivity contribution >= 4 is 30.9 Å². The zero-order chi connectivity index (χ0) is 12.7. The number of nitrogens with zero attached hydrogens (tertiary/aromatic N) is 2. The van der Waals surface area contributed by atoms with Gasteiger partial charge in [-0.1, -0.05) is 12.1 Å². The van der Waals surface area contributed by atoms with E-state index in [0.29, 0.717) is 10.3 Å². The quantitative estimate of drug-likeness (QED) is 0.573. The molecule has 0 aliphatic carbocycles. The van der Waals surface area contributed by atoms with Crippen molar-refractivity contribution in [1.29, 1.82) is 10.5 Å². The molecule has 0 saturated heterocycles. The van der Waals surface area contributed by atoms with Crippen molar-refractivity contribution in [2.75, 3.05) is 0 Å². The zero-order valence-corrected chi connectivity index (χ0v) is 9.99. The molecule has 3 rings (SSSR count). The summed E-state index contributed by atoms with van der Waals surface area (Å²) in [5, 5.41) is 19.7. The number of hydrogen-bond donors (Lipinski definition) is 0. The van der Waals surface area contributed by atoms with E-state index in [2.05, 4.69) is 0 Å². The maximum Gasteiger partial charge on any atom is 0.182 e. The Bertz CT molecular complexity index is 865. The van der Waals surface area contributed by atoms with Gasteiger partial charge in [0.05, 0.1) is 11.1 Å². The molecule has 0 N–H and O–H groups in total. The normalized spacial score (nSPS) is 11.4. The first-order valence-electron chi connectivity index (χ1n) is 5.25. The van der Waals surface area contributed by atoms with E-state index in [-0.39, 0.29) is 5.56 Å². The van der Waals surface area contributed by atoms with E-state index < -0.39 is 10.8 Å². The van der Waals surface area contributed by atoms with Gasteiger partial charge in [0.25, 0.3) is 0 Å². The smallest absolute Gasteiger partial charge is 0.182 e. The van der Waals surface area contributed by atoms with E-state index >= 15 is 0 Å². The molecule has 1 aromatic heterocycles. The average molecular weight is 250 g/mol. The molecule has 1 heterocycles. The number of thiophene rings is 1. The Balaban J connectivity index is 2.59. The van der Waals surface area contributed by atoms with Crippen LogP contribution in [-0.2, 0) is 0 Å². The van der Waals surface area contributed by atoms with Crippen LogP contribution in [0.3, 0.4) is 0 Å². The van der Waals surface area contributed by atoms with E-state index in [4.69, 9.17) is 10.5 Å². The fourth-order valence-electron chi connectivity index (χ4n) is 2.10. The van der Waals surface area contributed by atoms with Crippen LogP contribution >= 0.6 is 10.8 Å². The van der Waals surface area contributed by atoms with Crippen LogP contribution < -0.4 is 0 Å². The second-order valence-electron chi connectivity index (χ2n) is 3.88. The predicted molar refractivity (Wildman–Crippen MR) is 69.5 cm³/mol. The molecule has 0 spiro atoms. The average Bonchev–Trinajstić information content (AvgIpc) is 2.71. The minimum Gasteiger partial charge on any atom is -0.590 e. The third-order valence-electron chi connectivity index (χ3n) is 2.94. The summed E-state index contributed by atoms with van der Waals surface area (Å²) in [5.74, 6) is 0. The van der Waals surface area contributed by atoms with Crippen LogP contribution in [0, 0.1) is 22.7 Å². The number of hydrogen-bond acceptors (Lipinski definition) is 3. The van der Waals surface area contributed by atoms with Crippen LogP contribution in [-0.4, -0.2) is 4.55 Å². The highest BCUT2D eigenvalue weighted by Gasteiger charge is 2.17. The Hall–Kier alpha value is -2.40.